The second kappa shape index (κ2) is 6.69. The first-order valence-electron chi connectivity index (χ1n) is 5.92. The van der Waals surface area contributed by atoms with Gasteiger partial charge in [0.15, 0.2) is 0 Å². The third-order valence-corrected chi connectivity index (χ3v) is 6.85. The molecular weight excluding hydrogens is 378 g/mol. The van der Waals surface area contributed by atoms with Crippen LogP contribution in [0.3, 0.4) is 0 Å². The summed E-state index contributed by atoms with van der Waals surface area (Å²) in [4.78, 5) is 11.3. The number of hydrogen-bond donors (Lipinski definition) is 2. The van der Waals surface area contributed by atoms with E-state index in [1.807, 2.05) is 6.07 Å². The second-order valence-corrected chi connectivity index (χ2v) is 7.94. The van der Waals surface area contributed by atoms with Crippen molar-refractivity contribution in [3.05, 3.63) is 51.8 Å². The highest BCUT2D eigenvalue weighted by Crippen LogP contribution is 2.27. The maximum atomic E-state index is 12.2. The number of nitrogens with one attached hydrogen (secondary N) is 1. The van der Waals surface area contributed by atoms with Crippen molar-refractivity contribution in [3.63, 3.8) is 0 Å². The van der Waals surface area contributed by atoms with Gasteiger partial charge in [0.2, 0.25) is 0 Å². The van der Waals surface area contributed by atoms with E-state index >= 15 is 0 Å². The Hall–Kier alpha value is -1.22. The molecule has 0 aliphatic rings. The quantitative estimate of drug-likeness (QED) is 0.794. The minimum Gasteiger partial charge on any atom is -0.480 e. The Morgan fingerprint density at radius 3 is 2.48 bits per heavy atom. The number of halogens is 1. The van der Waals surface area contributed by atoms with Gasteiger partial charge in [0, 0.05) is 4.47 Å². The van der Waals surface area contributed by atoms with Crippen LogP contribution in [0.2, 0.25) is 0 Å². The van der Waals surface area contributed by atoms with Crippen LogP contribution in [0.25, 0.3) is 0 Å². The lowest BCUT2D eigenvalue weighted by Gasteiger charge is -2.14. The predicted octanol–water partition coefficient (Wildman–Crippen LogP) is 2.48. The largest absolute Gasteiger partial charge is 0.480 e. The van der Waals surface area contributed by atoms with E-state index < -0.39 is 22.0 Å². The van der Waals surface area contributed by atoms with Crippen LogP contribution in [0.1, 0.15) is 5.56 Å². The molecule has 1 aromatic carbocycles. The summed E-state index contributed by atoms with van der Waals surface area (Å²) in [5.74, 6) is -1.21. The zero-order valence-corrected chi connectivity index (χ0v) is 13.9. The molecule has 0 spiro atoms. The Labute approximate surface area is 134 Å². The molecule has 0 aliphatic heterocycles. The van der Waals surface area contributed by atoms with E-state index in [0.717, 1.165) is 16.9 Å². The molecule has 8 heteroatoms. The van der Waals surface area contributed by atoms with Crippen molar-refractivity contribution < 1.29 is 18.3 Å². The van der Waals surface area contributed by atoms with E-state index in [-0.39, 0.29) is 10.6 Å². The van der Waals surface area contributed by atoms with Crippen molar-refractivity contribution in [2.75, 3.05) is 0 Å². The zero-order valence-electron chi connectivity index (χ0n) is 10.7. The minimum atomic E-state index is -3.87. The van der Waals surface area contributed by atoms with Crippen molar-refractivity contribution in [2.24, 2.45) is 0 Å². The number of aliphatic carboxylic acids is 1. The molecule has 1 aromatic heterocycles. The Kier molecular flexibility index (Phi) is 5.15. The lowest BCUT2D eigenvalue weighted by molar-refractivity contribution is -0.138. The summed E-state index contributed by atoms with van der Waals surface area (Å²) in [6.07, 6.45) is 0.0817. The summed E-state index contributed by atoms with van der Waals surface area (Å²) in [5, 5.41) is 10.8. The number of carboxylic acids is 1. The standard InChI is InChI=1S/C13H12BrNO4S2/c14-10-6-7-20-13(10)21(18,19)15-11(12(16)17)8-9-4-2-1-3-5-9/h1-7,11,15H,8H2,(H,16,17). The molecule has 1 atom stereocenters. The van der Waals surface area contributed by atoms with Crippen LogP contribution in [-0.4, -0.2) is 25.5 Å². The van der Waals surface area contributed by atoms with Gasteiger partial charge in [0.1, 0.15) is 10.3 Å². The smallest absolute Gasteiger partial charge is 0.322 e. The molecule has 0 aliphatic carbocycles. The molecule has 0 saturated heterocycles. The maximum absolute atomic E-state index is 12.2. The van der Waals surface area contributed by atoms with Gasteiger partial charge < -0.3 is 5.11 Å². The number of carboxylic acid groups (broad SMARTS) is 1. The van der Waals surface area contributed by atoms with E-state index in [1.54, 1.807) is 35.7 Å². The average Bonchev–Trinajstić information content (AvgIpc) is 2.86. The van der Waals surface area contributed by atoms with Crippen molar-refractivity contribution in [1.82, 2.24) is 4.72 Å². The zero-order chi connectivity index (χ0) is 15.5. The van der Waals surface area contributed by atoms with Gasteiger partial charge in [0.25, 0.3) is 10.0 Å². The first-order valence-corrected chi connectivity index (χ1v) is 9.08. The lowest BCUT2D eigenvalue weighted by atomic mass is 10.1. The summed E-state index contributed by atoms with van der Waals surface area (Å²) >= 11 is 4.17. The third kappa shape index (κ3) is 4.13. The Morgan fingerprint density at radius 2 is 1.95 bits per heavy atom. The summed E-state index contributed by atoms with van der Waals surface area (Å²) in [7, 11) is -3.87. The van der Waals surface area contributed by atoms with Crippen LogP contribution >= 0.6 is 27.3 Å². The number of carbonyl (C=O) groups is 1. The molecule has 0 fully saturated rings. The fraction of sp³-hybridized carbons (Fsp3) is 0.154. The van der Waals surface area contributed by atoms with Crippen LogP contribution < -0.4 is 4.72 Å². The number of thiophene rings is 1. The molecule has 1 heterocycles. The first kappa shape index (κ1) is 16.2. The number of hydrogen-bond acceptors (Lipinski definition) is 4. The monoisotopic (exact) mass is 389 g/mol. The number of rotatable bonds is 6. The van der Waals surface area contributed by atoms with E-state index in [0.29, 0.717) is 4.47 Å². The average molecular weight is 390 g/mol. The summed E-state index contributed by atoms with van der Waals surface area (Å²) in [6.45, 7) is 0. The maximum Gasteiger partial charge on any atom is 0.322 e. The lowest BCUT2D eigenvalue weighted by Crippen LogP contribution is -2.42. The van der Waals surface area contributed by atoms with Crippen molar-refractivity contribution in [2.45, 2.75) is 16.7 Å². The second-order valence-electron chi connectivity index (χ2n) is 4.26. The van der Waals surface area contributed by atoms with Crippen LogP contribution in [0.5, 0.6) is 0 Å². The van der Waals surface area contributed by atoms with Crippen LogP contribution in [0, 0.1) is 0 Å². The summed E-state index contributed by atoms with van der Waals surface area (Å²) in [5.41, 5.74) is 0.748. The highest BCUT2D eigenvalue weighted by atomic mass is 79.9. The number of sulfonamides is 1. The van der Waals surface area contributed by atoms with E-state index in [9.17, 15) is 18.3 Å². The van der Waals surface area contributed by atoms with Gasteiger partial charge in [-0.3, -0.25) is 4.79 Å². The van der Waals surface area contributed by atoms with E-state index in [2.05, 4.69) is 20.7 Å². The molecule has 0 amide bonds. The molecule has 2 rings (SSSR count). The third-order valence-electron chi connectivity index (χ3n) is 2.71. The van der Waals surface area contributed by atoms with Crippen molar-refractivity contribution in [3.8, 4) is 0 Å². The molecule has 21 heavy (non-hydrogen) atoms. The minimum absolute atomic E-state index is 0.0711. The molecule has 1 unspecified atom stereocenters. The van der Waals surface area contributed by atoms with Gasteiger partial charge >= 0.3 is 5.97 Å². The van der Waals surface area contributed by atoms with Gasteiger partial charge in [0.05, 0.1) is 0 Å². The topological polar surface area (TPSA) is 83.5 Å². The Morgan fingerprint density at radius 1 is 1.29 bits per heavy atom. The highest BCUT2D eigenvalue weighted by molar-refractivity contribution is 9.10. The van der Waals surface area contributed by atoms with Crippen molar-refractivity contribution >= 4 is 43.3 Å². The van der Waals surface area contributed by atoms with Gasteiger partial charge in [-0.1, -0.05) is 30.3 Å². The van der Waals surface area contributed by atoms with Crippen molar-refractivity contribution in [1.29, 1.82) is 0 Å². The molecular formula is C13H12BrNO4S2. The molecule has 5 nitrogen and oxygen atoms in total. The summed E-state index contributed by atoms with van der Waals surface area (Å²) < 4.78 is 27.2. The highest BCUT2D eigenvalue weighted by Gasteiger charge is 2.27. The predicted molar refractivity (Wildman–Crippen MR) is 83.9 cm³/mol. The van der Waals surface area contributed by atoms with Gasteiger partial charge in [-0.25, -0.2) is 8.42 Å². The van der Waals surface area contributed by atoms with Gasteiger partial charge in [-0.2, -0.15) is 4.72 Å². The normalized spacial score (nSPS) is 13.0. The molecule has 112 valence electrons. The van der Waals surface area contributed by atoms with Crippen LogP contribution in [0.4, 0.5) is 0 Å². The van der Waals surface area contributed by atoms with Gasteiger partial charge in [-0.05, 0) is 39.4 Å². The molecule has 2 N–H and O–H groups in total. The Bertz CT molecular complexity index is 728. The van der Waals surface area contributed by atoms with Crippen LogP contribution in [0.15, 0.2) is 50.5 Å². The van der Waals surface area contributed by atoms with Crippen LogP contribution in [-0.2, 0) is 21.2 Å². The van der Waals surface area contributed by atoms with Gasteiger partial charge in [-0.15, -0.1) is 11.3 Å². The molecule has 0 bridgehead atoms. The summed E-state index contributed by atoms with van der Waals surface area (Å²) in [6, 6.07) is 9.26. The fourth-order valence-electron chi connectivity index (χ4n) is 1.74. The molecule has 0 saturated carbocycles. The molecule has 0 radical (unpaired) electrons. The van der Waals surface area contributed by atoms with E-state index in [1.165, 1.54) is 0 Å². The fourth-order valence-corrected chi connectivity index (χ4v) is 5.28. The SMILES string of the molecule is O=C(O)C(Cc1ccccc1)NS(=O)(=O)c1sccc1Br. The Balaban J connectivity index is 2.21. The first-order chi connectivity index (χ1) is 9.90. The molecule has 2 aromatic rings. The number of benzene rings is 1. The van der Waals surface area contributed by atoms with E-state index in [4.69, 9.17) is 0 Å².